The van der Waals surface area contributed by atoms with E-state index in [0.29, 0.717) is 82.0 Å². The number of alkyl halides is 2. The van der Waals surface area contributed by atoms with Gasteiger partial charge in [0.25, 0.3) is 5.92 Å². The highest BCUT2D eigenvalue weighted by Gasteiger charge is 2.53. The van der Waals surface area contributed by atoms with Crippen molar-refractivity contribution < 1.29 is 32.7 Å². The van der Waals surface area contributed by atoms with Crippen molar-refractivity contribution in [3.8, 4) is 11.4 Å². The molecule has 322 valence electrons. The van der Waals surface area contributed by atoms with Gasteiger partial charge >= 0.3 is 0 Å². The number of imide groups is 1. The van der Waals surface area contributed by atoms with E-state index in [9.17, 15) is 19.2 Å². The highest BCUT2D eigenvalue weighted by atomic mass is 19.3. The number of rotatable bonds is 6. The molecule has 0 saturated carbocycles. The number of nitrogens with zero attached hydrogens (tertiary/aromatic N) is 6. The number of fused-ring (bicyclic) bond motifs is 2. The van der Waals surface area contributed by atoms with E-state index < -0.39 is 16.8 Å². The molecule has 2 atom stereocenters. The number of pyridine rings is 1. The minimum atomic E-state index is -2.89. The van der Waals surface area contributed by atoms with Crippen molar-refractivity contribution in [1.29, 1.82) is 0 Å². The smallest absolute Gasteiger partial charge is 0.257 e. The fourth-order valence-corrected chi connectivity index (χ4v) is 10.8. The Labute approximate surface area is 353 Å². The van der Waals surface area contributed by atoms with Crippen LogP contribution in [0.1, 0.15) is 107 Å². The molecule has 5 fully saturated rings. The van der Waals surface area contributed by atoms with Crippen LogP contribution in [-0.4, -0.2) is 93.5 Å². The van der Waals surface area contributed by atoms with Gasteiger partial charge in [0.05, 0.1) is 17.0 Å². The van der Waals surface area contributed by atoms with Gasteiger partial charge < -0.3 is 24.4 Å². The number of anilines is 2. The third kappa shape index (κ3) is 7.00. The predicted molar refractivity (Wildman–Crippen MR) is 224 cm³/mol. The van der Waals surface area contributed by atoms with Crippen LogP contribution in [-0.2, 0) is 36.8 Å². The van der Waals surface area contributed by atoms with E-state index in [1.807, 2.05) is 50.9 Å². The lowest BCUT2D eigenvalue weighted by Crippen LogP contribution is -2.49. The standard InChI is InChI=1S/C46H54F2N8O5/c1-44(2)26-36-33(25-46(44,47)48)40(52-56(36)39-5-3-4-22-61-39)35-23-29-6-8-31(24-34(29)50-35)55-21-16-45(43(55)60)14-19-54(20-15-45)42(59)28-12-17-53(18-13-28)37-10-7-30(27-49-37)32-9-11-38(57)51-41(32)58/h6-8,10,23-24,27-28,32,39,50H,3-5,9,11-22,25-26H2,1-2H3,(H,51,57,58). The number of carbonyl (C=O) groups is 4. The first kappa shape index (κ1) is 39.9. The number of piperidine rings is 3. The molecule has 5 saturated heterocycles. The number of amides is 4. The zero-order valence-corrected chi connectivity index (χ0v) is 35.0. The van der Waals surface area contributed by atoms with E-state index in [1.165, 1.54) is 0 Å². The Bertz CT molecular complexity index is 2390. The number of H-pyrrole nitrogens is 1. The van der Waals surface area contributed by atoms with Crippen LogP contribution in [0.2, 0.25) is 0 Å². The maximum absolute atomic E-state index is 15.6. The largest absolute Gasteiger partial charge is 0.357 e. The summed E-state index contributed by atoms with van der Waals surface area (Å²) in [6.45, 7) is 7.00. The van der Waals surface area contributed by atoms with Gasteiger partial charge in [0.2, 0.25) is 23.6 Å². The molecule has 1 aliphatic carbocycles. The molecule has 2 unspecified atom stereocenters. The lowest BCUT2D eigenvalue weighted by Gasteiger charge is -2.40. The Kier molecular flexibility index (Phi) is 9.83. The average Bonchev–Trinajstić information content (AvgIpc) is 3.93. The Hall–Kier alpha value is -5.18. The van der Waals surface area contributed by atoms with Crippen LogP contribution in [0.3, 0.4) is 0 Å². The number of halogens is 2. The highest BCUT2D eigenvalue weighted by Crippen LogP contribution is 2.50. The Morgan fingerprint density at radius 2 is 1.69 bits per heavy atom. The SMILES string of the molecule is CC1(C)Cc2c(c(-c3cc4ccc(N5CCC6(CCN(C(=O)C7CCN(c8ccc(C9CCC(=O)NC9=O)cn8)CC7)CC6)C5=O)cc4[nH]3)nn2C2CCCCO2)CC1(F)F. The molecule has 1 spiro atoms. The van der Waals surface area contributed by atoms with Gasteiger partial charge in [0.1, 0.15) is 17.7 Å². The highest BCUT2D eigenvalue weighted by molar-refractivity contribution is 6.02. The van der Waals surface area contributed by atoms with Crippen molar-refractivity contribution in [2.24, 2.45) is 16.7 Å². The van der Waals surface area contributed by atoms with Crippen molar-refractivity contribution in [3.05, 3.63) is 59.4 Å². The first-order valence-electron chi connectivity index (χ1n) is 22.2. The summed E-state index contributed by atoms with van der Waals surface area (Å²) in [5.41, 5.74) is 3.31. The maximum Gasteiger partial charge on any atom is 0.257 e. The zero-order chi connectivity index (χ0) is 42.3. The summed E-state index contributed by atoms with van der Waals surface area (Å²) in [5, 5.41) is 8.30. The molecule has 0 bridgehead atoms. The number of aromatic nitrogens is 4. The molecule has 4 amide bonds. The minimum absolute atomic E-state index is 0.0792. The molecular weight excluding hydrogens is 783 g/mol. The summed E-state index contributed by atoms with van der Waals surface area (Å²) in [6, 6.07) is 11.7. The third-order valence-electron chi connectivity index (χ3n) is 14.8. The van der Waals surface area contributed by atoms with Crippen molar-refractivity contribution in [3.63, 3.8) is 0 Å². The maximum atomic E-state index is 15.6. The van der Waals surface area contributed by atoms with E-state index in [4.69, 9.17) is 9.84 Å². The number of hydrogen-bond acceptors (Lipinski definition) is 8. The molecule has 8 heterocycles. The predicted octanol–water partition coefficient (Wildman–Crippen LogP) is 6.67. The quantitative estimate of drug-likeness (QED) is 0.205. The Morgan fingerprint density at radius 3 is 2.41 bits per heavy atom. The number of likely N-dealkylation sites (tertiary alicyclic amines) is 1. The lowest BCUT2D eigenvalue weighted by molar-refractivity contribution is -0.141. The van der Waals surface area contributed by atoms with Gasteiger partial charge in [-0.25, -0.2) is 18.4 Å². The van der Waals surface area contributed by atoms with Gasteiger partial charge in [-0.1, -0.05) is 26.0 Å². The molecule has 2 N–H and O–H groups in total. The first-order chi connectivity index (χ1) is 29.3. The molecule has 61 heavy (non-hydrogen) atoms. The van der Waals surface area contributed by atoms with Gasteiger partial charge in [-0.15, -0.1) is 0 Å². The molecule has 10 rings (SSSR count). The van der Waals surface area contributed by atoms with Crippen LogP contribution in [0.25, 0.3) is 22.3 Å². The number of ether oxygens (including phenoxy) is 1. The molecule has 4 aromatic rings. The van der Waals surface area contributed by atoms with Crippen LogP contribution in [0, 0.1) is 16.7 Å². The fraction of sp³-hybridized carbons (Fsp3) is 0.565. The van der Waals surface area contributed by atoms with E-state index in [0.717, 1.165) is 72.2 Å². The van der Waals surface area contributed by atoms with Gasteiger partial charge in [0, 0.05) is 104 Å². The summed E-state index contributed by atoms with van der Waals surface area (Å²) < 4.78 is 39.1. The second kappa shape index (κ2) is 15.0. The minimum Gasteiger partial charge on any atom is -0.357 e. The summed E-state index contributed by atoms with van der Waals surface area (Å²) in [5.74, 6) is -2.78. The topological polar surface area (TPSA) is 146 Å². The summed E-state index contributed by atoms with van der Waals surface area (Å²) in [6.07, 6.45) is 8.30. The molecular formula is C46H54F2N8O5. The fourth-order valence-electron chi connectivity index (χ4n) is 10.8. The van der Waals surface area contributed by atoms with Crippen LogP contribution >= 0.6 is 0 Å². The summed E-state index contributed by atoms with van der Waals surface area (Å²) in [7, 11) is 0. The van der Waals surface area contributed by atoms with E-state index in [2.05, 4.69) is 20.2 Å². The third-order valence-corrected chi connectivity index (χ3v) is 14.8. The van der Waals surface area contributed by atoms with Crippen molar-refractivity contribution in [1.82, 2.24) is 30.0 Å². The van der Waals surface area contributed by atoms with Gasteiger partial charge in [-0.2, -0.15) is 5.10 Å². The zero-order valence-electron chi connectivity index (χ0n) is 35.0. The number of hydrogen-bond donors (Lipinski definition) is 2. The van der Waals surface area contributed by atoms with Crippen LogP contribution in [0.4, 0.5) is 20.3 Å². The first-order valence-corrected chi connectivity index (χ1v) is 22.2. The number of aromatic amines is 1. The van der Waals surface area contributed by atoms with E-state index >= 15 is 8.78 Å². The van der Waals surface area contributed by atoms with E-state index in [-0.39, 0.29) is 54.5 Å². The lowest BCUT2D eigenvalue weighted by atomic mass is 9.73. The van der Waals surface area contributed by atoms with Crippen molar-refractivity contribution in [2.75, 3.05) is 49.1 Å². The molecule has 5 aliphatic heterocycles. The summed E-state index contributed by atoms with van der Waals surface area (Å²) >= 11 is 0. The Morgan fingerprint density at radius 1 is 0.902 bits per heavy atom. The monoisotopic (exact) mass is 836 g/mol. The molecule has 15 heteroatoms. The molecule has 0 radical (unpaired) electrons. The summed E-state index contributed by atoms with van der Waals surface area (Å²) in [4.78, 5) is 66.0. The van der Waals surface area contributed by atoms with Crippen LogP contribution in [0.5, 0.6) is 0 Å². The molecule has 6 aliphatic rings. The van der Waals surface area contributed by atoms with Crippen LogP contribution < -0.4 is 15.1 Å². The number of nitrogens with one attached hydrogen (secondary N) is 2. The molecule has 3 aromatic heterocycles. The molecule has 1 aromatic carbocycles. The second-order valence-electron chi connectivity index (χ2n) is 19.0. The molecule has 13 nitrogen and oxygen atoms in total. The van der Waals surface area contributed by atoms with Gasteiger partial charge in [-0.3, -0.25) is 24.5 Å². The van der Waals surface area contributed by atoms with E-state index in [1.54, 1.807) is 20.0 Å². The van der Waals surface area contributed by atoms with Crippen molar-refractivity contribution >= 4 is 46.0 Å². The normalized spacial score (nSPS) is 25.3. The second-order valence-corrected chi connectivity index (χ2v) is 19.0. The Balaban J connectivity index is 0.777. The average molecular weight is 837 g/mol. The number of benzene rings is 1. The van der Waals surface area contributed by atoms with Crippen molar-refractivity contribution in [2.45, 2.75) is 109 Å². The number of carbonyl (C=O) groups excluding carboxylic acids is 4. The van der Waals surface area contributed by atoms with Crippen LogP contribution in [0.15, 0.2) is 42.6 Å². The van der Waals surface area contributed by atoms with Gasteiger partial charge in [-0.05, 0) is 87.6 Å². The van der Waals surface area contributed by atoms with Gasteiger partial charge in [0.15, 0.2) is 0 Å².